The van der Waals surface area contributed by atoms with E-state index >= 15 is 0 Å². The Kier molecular flexibility index (Phi) is 4.25. The van der Waals surface area contributed by atoms with E-state index in [1.54, 1.807) is 0 Å². The zero-order valence-electron chi connectivity index (χ0n) is 16.4. The Morgan fingerprint density at radius 2 is 1.74 bits per heavy atom. The zero-order valence-corrected chi connectivity index (χ0v) is 17.2. The van der Waals surface area contributed by atoms with Gasteiger partial charge in [0.2, 0.25) is 5.79 Å². The lowest BCUT2D eigenvalue weighted by molar-refractivity contribution is -0.574. The van der Waals surface area contributed by atoms with Crippen molar-refractivity contribution in [1.82, 2.24) is 4.90 Å². The molecular weight excluding hydrogens is 370 g/mol. The Hall–Kier alpha value is -0.250. The average Bonchev–Trinajstić information content (AvgIpc) is 2.85. The second kappa shape index (κ2) is 6.12. The molecule has 2 bridgehead atoms. The molecular formula is C19H31NO6S. The van der Waals surface area contributed by atoms with Crippen LogP contribution < -0.4 is 0 Å². The molecule has 0 aromatic carbocycles. The molecule has 6 rings (SSSR count). The van der Waals surface area contributed by atoms with Crippen LogP contribution in [0.3, 0.4) is 0 Å². The number of rotatable bonds is 1. The number of hydrogen-bond acceptors (Lipinski definition) is 7. The summed E-state index contributed by atoms with van der Waals surface area (Å²) in [4.78, 5) is 14.2. The number of hydrogen-bond donors (Lipinski definition) is 0. The lowest BCUT2D eigenvalue weighted by Gasteiger charge is -2.61. The van der Waals surface area contributed by atoms with Crippen molar-refractivity contribution in [2.45, 2.75) is 70.4 Å². The van der Waals surface area contributed by atoms with Crippen LogP contribution in [-0.4, -0.2) is 61.8 Å². The van der Waals surface area contributed by atoms with Crippen LogP contribution in [0.25, 0.3) is 0 Å². The van der Waals surface area contributed by atoms with Crippen molar-refractivity contribution in [1.29, 1.82) is 0 Å². The third-order valence-corrected chi connectivity index (χ3v) is 9.47. The molecule has 5 saturated heterocycles. The molecule has 1 aliphatic carbocycles. The summed E-state index contributed by atoms with van der Waals surface area (Å²) in [6, 6.07) is 0. The second-order valence-corrected chi connectivity index (χ2v) is 11.8. The van der Waals surface area contributed by atoms with Gasteiger partial charge in [-0.1, -0.05) is 13.8 Å². The van der Waals surface area contributed by atoms with Gasteiger partial charge < -0.3 is 9.47 Å². The summed E-state index contributed by atoms with van der Waals surface area (Å²) in [6.07, 6.45) is 3.46. The zero-order chi connectivity index (χ0) is 19.0. The first-order valence-electron chi connectivity index (χ1n) is 10.4. The van der Waals surface area contributed by atoms with Crippen molar-refractivity contribution < 1.29 is 27.7 Å². The number of nitrogens with zero attached hydrogens (tertiary/aromatic N) is 1. The second-order valence-electron chi connectivity index (χ2n) is 9.48. The van der Waals surface area contributed by atoms with Crippen LogP contribution in [0.1, 0.15) is 46.5 Å². The van der Waals surface area contributed by atoms with E-state index in [2.05, 4.69) is 18.7 Å². The molecule has 6 fully saturated rings. The minimum absolute atomic E-state index is 0.137. The van der Waals surface area contributed by atoms with Crippen molar-refractivity contribution in [2.24, 2.45) is 23.7 Å². The van der Waals surface area contributed by atoms with Crippen LogP contribution in [0.5, 0.6) is 0 Å². The molecule has 6 aliphatic rings. The standard InChI is InChI=1S/C19H31NO6S/c1-12-4-5-15-13(2)16(20-8-10-27(21,22)11-9-20)23-17-19(15)14(12)6-7-18(3,24-17)25-26-19/h12-17H,4-11H2,1-3H3/t12-,13-,14+,15+,16+,17-,18?,19-/m1/s1. The van der Waals surface area contributed by atoms with E-state index in [9.17, 15) is 8.42 Å². The monoisotopic (exact) mass is 401 g/mol. The summed E-state index contributed by atoms with van der Waals surface area (Å²) in [5.74, 6) is 1.05. The Morgan fingerprint density at radius 1 is 1.00 bits per heavy atom. The van der Waals surface area contributed by atoms with Crippen molar-refractivity contribution in [3.8, 4) is 0 Å². The first kappa shape index (κ1) is 18.8. The SMILES string of the molecule is C[C@H]1[C@@H](N2CCS(=O)(=O)CC2)O[C@@H]2OC3(C)CC[C@H]4[C@H](C)CC[C@@H]1[C@@]24OO3. The van der Waals surface area contributed by atoms with Crippen LogP contribution in [-0.2, 0) is 29.1 Å². The predicted octanol–water partition coefficient (Wildman–Crippen LogP) is 1.92. The van der Waals surface area contributed by atoms with E-state index in [0.29, 0.717) is 24.9 Å². The average molecular weight is 402 g/mol. The molecule has 1 saturated carbocycles. The summed E-state index contributed by atoms with van der Waals surface area (Å²) in [5.41, 5.74) is -0.550. The van der Waals surface area contributed by atoms with Crippen molar-refractivity contribution in [2.75, 3.05) is 24.6 Å². The molecule has 5 heterocycles. The summed E-state index contributed by atoms with van der Waals surface area (Å²) < 4.78 is 36.7. The van der Waals surface area contributed by atoms with Gasteiger partial charge in [0, 0.05) is 31.3 Å². The van der Waals surface area contributed by atoms with Gasteiger partial charge in [-0.3, -0.25) is 4.90 Å². The van der Waals surface area contributed by atoms with E-state index in [0.717, 1.165) is 19.3 Å². The van der Waals surface area contributed by atoms with Gasteiger partial charge in [0.1, 0.15) is 6.23 Å². The van der Waals surface area contributed by atoms with Gasteiger partial charge in [-0.15, -0.1) is 0 Å². The van der Waals surface area contributed by atoms with Gasteiger partial charge in [0.25, 0.3) is 0 Å². The van der Waals surface area contributed by atoms with Crippen LogP contribution in [0.15, 0.2) is 0 Å². The van der Waals surface area contributed by atoms with Gasteiger partial charge >= 0.3 is 0 Å². The van der Waals surface area contributed by atoms with Gasteiger partial charge in [0.15, 0.2) is 21.7 Å². The molecule has 5 aliphatic heterocycles. The highest BCUT2D eigenvalue weighted by Crippen LogP contribution is 2.60. The van der Waals surface area contributed by atoms with Gasteiger partial charge in [-0.05, 0) is 38.0 Å². The van der Waals surface area contributed by atoms with Crippen LogP contribution in [0, 0.1) is 23.7 Å². The fourth-order valence-electron chi connectivity index (χ4n) is 6.29. The maximum Gasteiger partial charge on any atom is 0.201 e. The molecule has 0 aromatic heterocycles. The van der Waals surface area contributed by atoms with Crippen LogP contribution in [0.2, 0.25) is 0 Å². The summed E-state index contributed by atoms with van der Waals surface area (Å²) in [6.45, 7) is 7.51. The van der Waals surface area contributed by atoms with E-state index in [1.807, 2.05) is 6.92 Å². The third kappa shape index (κ3) is 2.74. The van der Waals surface area contributed by atoms with Gasteiger partial charge in [0.05, 0.1) is 11.5 Å². The Labute approximate surface area is 161 Å². The number of sulfone groups is 1. The van der Waals surface area contributed by atoms with Crippen LogP contribution in [0.4, 0.5) is 0 Å². The molecule has 1 unspecified atom stereocenters. The van der Waals surface area contributed by atoms with Crippen molar-refractivity contribution in [3.05, 3.63) is 0 Å². The molecule has 27 heavy (non-hydrogen) atoms. The first-order chi connectivity index (χ1) is 12.7. The summed E-state index contributed by atoms with van der Waals surface area (Å²) in [7, 11) is -2.92. The van der Waals surface area contributed by atoms with Gasteiger partial charge in [-0.25, -0.2) is 18.2 Å². The van der Waals surface area contributed by atoms with E-state index in [1.165, 1.54) is 6.42 Å². The third-order valence-electron chi connectivity index (χ3n) is 7.86. The van der Waals surface area contributed by atoms with Crippen molar-refractivity contribution in [3.63, 3.8) is 0 Å². The molecule has 0 amide bonds. The molecule has 0 aromatic rings. The molecule has 0 N–H and O–H groups in total. The van der Waals surface area contributed by atoms with E-state index < -0.39 is 27.5 Å². The number of fused-ring (bicyclic) bond motifs is 2. The topological polar surface area (TPSA) is 74.3 Å². The normalized spacial score (nSPS) is 54.9. The Morgan fingerprint density at radius 3 is 2.48 bits per heavy atom. The molecule has 7 nitrogen and oxygen atoms in total. The van der Waals surface area contributed by atoms with E-state index in [-0.39, 0.29) is 29.6 Å². The number of ether oxygens (including phenoxy) is 2. The van der Waals surface area contributed by atoms with Crippen LogP contribution >= 0.6 is 0 Å². The maximum atomic E-state index is 11.9. The minimum Gasteiger partial charge on any atom is -0.331 e. The van der Waals surface area contributed by atoms with E-state index in [4.69, 9.17) is 19.2 Å². The highest BCUT2D eigenvalue weighted by Gasteiger charge is 2.69. The Balaban J connectivity index is 1.48. The minimum atomic E-state index is -2.92. The quantitative estimate of drug-likeness (QED) is 0.622. The molecule has 154 valence electrons. The highest BCUT2D eigenvalue weighted by molar-refractivity contribution is 7.91. The summed E-state index contributed by atoms with van der Waals surface area (Å²) in [5, 5.41) is 0. The summed E-state index contributed by atoms with van der Waals surface area (Å²) >= 11 is 0. The lowest BCUT2D eigenvalue weighted by Crippen LogP contribution is -2.72. The van der Waals surface area contributed by atoms with Crippen molar-refractivity contribution >= 4 is 9.84 Å². The van der Waals surface area contributed by atoms with Gasteiger partial charge in [-0.2, -0.15) is 0 Å². The molecule has 1 spiro atoms. The smallest absolute Gasteiger partial charge is 0.201 e. The predicted molar refractivity (Wildman–Crippen MR) is 97.1 cm³/mol. The largest absolute Gasteiger partial charge is 0.331 e. The molecule has 8 heteroatoms. The highest BCUT2D eigenvalue weighted by atomic mass is 32.2. The lowest BCUT2D eigenvalue weighted by atomic mass is 9.58. The Bertz CT molecular complexity index is 701. The fraction of sp³-hybridized carbons (Fsp3) is 1.00. The first-order valence-corrected chi connectivity index (χ1v) is 12.2. The molecule has 0 radical (unpaired) electrons. The molecule has 8 atom stereocenters. The fourth-order valence-corrected chi connectivity index (χ4v) is 7.51. The maximum absolute atomic E-state index is 11.9.